The molecule has 2 aromatic carbocycles. The van der Waals surface area contributed by atoms with Crippen LogP contribution in [0.4, 0.5) is 5.69 Å². The molecule has 0 aliphatic heterocycles. The van der Waals surface area contributed by atoms with E-state index < -0.39 is 15.0 Å². The monoisotopic (exact) mass is 335 g/mol. The van der Waals surface area contributed by atoms with E-state index in [0.717, 1.165) is 11.6 Å². The molecule has 0 aliphatic rings. The van der Waals surface area contributed by atoms with E-state index in [1.807, 2.05) is 0 Å². The van der Waals surface area contributed by atoms with Crippen molar-refractivity contribution in [3.63, 3.8) is 0 Å². The number of rotatable bonds is 3. The summed E-state index contributed by atoms with van der Waals surface area (Å²) >= 11 is 5.89. The molecule has 5 nitrogen and oxygen atoms in total. The van der Waals surface area contributed by atoms with Gasteiger partial charge in [0.05, 0.1) is 4.90 Å². The zero-order valence-electron chi connectivity index (χ0n) is 11.5. The molecule has 2 rings (SSSR count). The third-order valence-corrected chi connectivity index (χ3v) is 3.88. The van der Waals surface area contributed by atoms with Crippen LogP contribution in [-0.2, 0) is 10.1 Å². The molecule has 0 saturated carbocycles. The van der Waals surface area contributed by atoms with Crippen molar-refractivity contribution in [3.05, 3.63) is 47.0 Å². The van der Waals surface area contributed by atoms with Gasteiger partial charge >= 0.3 is 29.6 Å². The van der Waals surface area contributed by atoms with Gasteiger partial charge in [-0.1, -0.05) is 11.6 Å². The smallest absolute Gasteiger partial charge is 0.744 e. The van der Waals surface area contributed by atoms with Gasteiger partial charge in [0.2, 0.25) is 0 Å². The first-order valence-electron chi connectivity index (χ1n) is 5.57. The molecule has 8 heteroatoms. The van der Waals surface area contributed by atoms with Crippen LogP contribution in [0.25, 0.3) is 0 Å². The summed E-state index contributed by atoms with van der Waals surface area (Å²) in [5, 5.41) is 0.561. The Morgan fingerprint density at radius 1 is 1.19 bits per heavy atom. The molecule has 0 unspecified atom stereocenters. The summed E-state index contributed by atoms with van der Waals surface area (Å²) in [5.41, 5.74) is 6.42. The van der Waals surface area contributed by atoms with E-state index in [1.165, 1.54) is 12.1 Å². The van der Waals surface area contributed by atoms with Crippen molar-refractivity contribution in [2.75, 3.05) is 5.73 Å². The summed E-state index contributed by atoms with van der Waals surface area (Å²) in [6.45, 7) is 1.78. The summed E-state index contributed by atoms with van der Waals surface area (Å²) in [7, 11) is -4.68. The minimum Gasteiger partial charge on any atom is -0.744 e. The Balaban J connectivity index is 0.00000220. The van der Waals surface area contributed by atoms with E-state index in [9.17, 15) is 13.0 Å². The van der Waals surface area contributed by atoms with Gasteiger partial charge in [0.15, 0.2) is 0 Å². The van der Waals surface area contributed by atoms with Crippen molar-refractivity contribution in [2.24, 2.45) is 0 Å². The van der Waals surface area contributed by atoms with E-state index in [2.05, 4.69) is 0 Å². The predicted octanol–water partition coefficient (Wildman–Crippen LogP) is -0.0690. The average Bonchev–Trinajstić information content (AvgIpc) is 2.35. The molecule has 0 fully saturated rings. The van der Waals surface area contributed by atoms with Crippen LogP contribution >= 0.6 is 11.6 Å². The third-order valence-electron chi connectivity index (χ3n) is 2.59. The fraction of sp³-hybridized carbons (Fsp3) is 0.0769. The van der Waals surface area contributed by atoms with E-state index in [1.54, 1.807) is 25.1 Å². The minimum absolute atomic E-state index is 0. The maximum Gasteiger partial charge on any atom is 1.00 e. The number of aryl methyl sites for hydroxylation is 1. The van der Waals surface area contributed by atoms with Gasteiger partial charge in [-0.15, -0.1) is 0 Å². The van der Waals surface area contributed by atoms with E-state index in [0.29, 0.717) is 10.8 Å². The zero-order chi connectivity index (χ0) is 14.9. The normalized spacial score (nSPS) is 10.8. The van der Waals surface area contributed by atoms with Crippen molar-refractivity contribution < 1.29 is 47.3 Å². The fourth-order valence-corrected chi connectivity index (χ4v) is 2.37. The number of hydrogen-bond acceptors (Lipinski definition) is 5. The second-order valence-electron chi connectivity index (χ2n) is 4.17. The Bertz CT molecular complexity index is 765. The van der Waals surface area contributed by atoms with Gasteiger partial charge in [0, 0.05) is 10.7 Å². The predicted molar refractivity (Wildman–Crippen MR) is 75.1 cm³/mol. The number of benzene rings is 2. The Morgan fingerprint density at radius 3 is 2.43 bits per heavy atom. The van der Waals surface area contributed by atoms with E-state index >= 15 is 0 Å². The topological polar surface area (TPSA) is 92.5 Å². The Hall–Kier alpha value is -0.760. The van der Waals surface area contributed by atoms with Crippen molar-refractivity contribution in [1.29, 1.82) is 0 Å². The molecular formula is C13H11ClNNaO4S. The molecule has 0 bridgehead atoms. The summed E-state index contributed by atoms with van der Waals surface area (Å²) < 4.78 is 39.0. The van der Waals surface area contributed by atoms with Gasteiger partial charge in [0.1, 0.15) is 21.6 Å². The van der Waals surface area contributed by atoms with Crippen LogP contribution in [0.1, 0.15) is 5.56 Å². The molecular weight excluding hydrogens is 325 g/mol. The molecule has 0 heterocycles. The summed E-state index contributed by atoms with van der Waals surface area (Å²) in [5.74, 6) is 0.303. The number of ether oxygens (including phenoxy) is 1. The Morgan fingerprint density at radius 2 is 1.86 bits per heavy atom. The first-order valence-corrected chi connectivity index (χ1v) is 7.35. The second-order valence-corrected chi connectivity index (χ2v) is 5.93. The number of hydrogen-bond donors (Lipinski definition) is 1. The van der Waals surface area contributed by atoms with Gasteiger partial charge < -0.3 is 15.0 Å². The van der Waals surface area contributed by atoms with Crippen LogP contribution < -0.4 is 40.0 Å². The largest absolute Gasteiger partial charge is 1.00 e. The number of nitrogen functional groups attached to an aromatic ring is 1. The Labute approximate surface area is 150 Å². The summed E-state index contributed by atoms with van der Waals surface area (Å²) in [4.78, 5) is -0.495. The molecule has 0 saturated heterocycles. The molecule has 0 spiro atoms. The SMILES string of the molecule is Cc1cc(Oc2ccc(N)cc2S(=O)(=O)[O-])ccc1Cl.[Na+]. The molecule has 0 aliphatic carbocycles. The van der Waals surface area contributed by atoms with Crippen molar-refractivity contribution in [2.45, 2.75) is 11.8 Å². The van der Waals surface area contributed by atoms with Crippen LogP contribution in [0.5, 0.6) is 11.5 Å². The van der Waals surface area contributed by atoms with E-state index in [4.69, 9.17) is 22.1 Å². The van der Waals surface area contributed by atoms with Crippen LogP contribution in [0.2, 0.25) is 5.02 Å². The summed E-state index contributed by atoms with van der Waals surface area (Å²) in [6, 6.07) is 8.69. The zero-order valence-corrected chi connectivity index (χ0v) is 15.0. The quantitative estimate of drug-likeness (QED) is 0.481. The first-order chi connectivity index (χ1) is 9.27. The number of anilines is 1. The fourth-order valence-electron chi connectivity index (χ4n) is 1.61. The van der Waals surface area contributed by atoms with Crippen molar-refractivity contribution in [1.82, 2.24) is 0 Å². The number of nitrogens with two attached hydrogens (primary N) is 1. The van der Waals surface area contributed by atoms with Crippen molar-refractivity contribution >= 4 is 27.4 Å². The Kier molecular flexibility index (Phi) is 6.10. The van der Waals surface area contributed by atoms with Gasteiger partial charge in [0.25, 0.3) is 0 Å². The standard InChI is InChI=1S/C13H12ClNO4S.Na/c1-8-6-10(3-4-11(8)14)19-12-5-2-9(15)7-13(12)20(16,17)18;/h2-7H,15H2,1H3,(H,16,17,18);/q;+1/p-1. The van der Waals surface area contributed by atoms with Crippen LogP contribution in [0, 0.1) is 6.92 Å². The van der Waals surface area contributed by atoms with Gasteiger partial charge in [-0.05, 0) is 48.9 Å². The summed E-state index contributed by atoms with van der Waals surface area (Å²) in [6.07, 6.45) is 0. The molecule has 0 aromatic heterocycles. The first kappa shape index (κ1) is 18.3. The molecule has 2 aromatic rings. The molecule has 0 atom stereocenters. The molecule has 21 heavy (non-hydrogen) atoms. The maximum atomic E-state index is 11.2. The molecule has 0 amide bonds. The van der Waals surface area contributed by atoms with Crippen LogP contribution in [0.3, 0.4) is 0 Å². The molecule has 106 valence electrons. The molecule has 2 N–H and O–H groups in total. The van der Waals surface area contributed by atoms with Crippen LogP contribution in [0.15, 0.2) is 41.3 Å². The second kappa shape index (κ2) is 7.00. The minimum atomic E-state index is -4.68. The van der Waals surface area contributed by atoms with Gasteiger partial charge in [-0.3, -0.25) is 0 Å². The third kappa shape index (κ3) is 4.60. The number of halogens is 1. The average molecular weight is 336 g/mol. The van der Waals surface area contributed by atoms with Gasteiger partial charge in [-0.25, -0.2) is 8.42 Å². The van der Waals surface area contributed by atoms with E-state index in [-0.39, 0.29) is 41.0 Å². The van der Waals surface area contributed by atoms with Gasteiger partial charge in [-0.2, -0.15) is 0 Å². The molecule has 0 radical (unpaired) electrons. The van der Waals surface area contributed by atoms with Crippen LogP contribution in [-0.4, -0.2) is 13.0 Å². The van der Waals surface area contributed by atoms with Crippen molar-refractivity contribution in [3.8, 4) is 11.5 Å². The maximum absolute atomic E-state index is 11.2.